The average Bonchev–Trinajstić information content (AvgIpc) is 2.47. The van der Waals surface area contributed by atoms with Crippen LogP contribution in [0, 0.1) is 0 Å². The molecule has 0 amide bonds. The number of allylic oxidation sites excluding steroid dienone is 5. The fourth-order valence-electron chi connectivity index (χ4n) is 1.93. The summed E-state index contributed by atoms with van der Waals surface area (Å²) in [5, 5.41) is 0. The normalized spacial score (nSPS) is 15.8. The van der Waals surface area contributed by atoms with E-state index in [2.05, 4.69) is 18.8 Å². The highest BCUT2D eigenvalue weighted by Crippen LogP contribution is 2.29. The first-order chi connectivity index (χ1) is 10.6. The zero-order valence-corrected chi connectivity index (χ0v) is 15.3. The largest absolute Gasteiger partial charge is 0.412 e. The third kappa shape index (κ3) is 8.77. The zero-order chi connectivity index (χ0) is 18.0. The number of alkyl halides is 3. The van der Waals surface area contributed by atoms with Gasteiger partial charge in [0.2, 0.25) is 0 Å². The Hall–Kier alpha value is -1.32. The van der Waals surface area contributed by atoms with Crippen molar-refractivity contribution in [1.29, 1.82) is 0 Å². The van der Waals surface area contributed by atoms with Crippen molar-refractivity contribution in [3.8, 4) is 0 Å². The van der Waals surface area contributed by atoms with Gasteiger partial charge in [-0.2, -0.15) is 13.2 Å². The summed E-state index contributed by atoms with van der Waals surface area (Å²) in [5.74, 6) is 0. The van der Waals surface area contributed by atoms with Crippen LogP contribution in [0.2, 0.25) is 0 Å². The van der Waals surface area contributed by atoms with Crippen LogP contribution >= 0.6 is 0 Å². The van der Waals surface area contributed by atoms with Crippen LogP contribution in [0.25, 0.3) is 0 Å². The van der Waals surface area contributed by atoms with Crippen molar-refractivity contribution in [2.24, 2.45) is 4.99 Å². The number of hydrogen-bond donors (Lipinski definition) is 0. The molecule has 0 radical (unpaired) electrons. The van der Waals surface area contributed by atoms with E-state index in [4.69, 9.17) is 0 Å². The van der Waals surface area contributed by atoms with Gasteiger partial charge < -0.3 is 0 Å². The predicted octanol–water partition coefficient (Wildman–Crippen LogP) is 7.17. The molecule has 0 heterocycles. The molecule has 0 atom stereocenters. The van der Waals surface area contributed by atoms with Crippen LogP contribution in [-0.4, -0.2) is 11.9 Å². The minimum Gasteiger partial charge on any atom is -0.258 e. The van der Waals surface area contributed by atoms with Gasteiger partial charge >= 0.3 is 6.18 Å². The van der Waals surface area contributed by atoms with Gasteiger partial charge in [0.15, 0.2) is 0 Å². The molecule has 0 saturated heterocycles. The molecule has 0 aliphatic heterocycles. The van der Waals surface area contributed by atoms with Gasteiger partial charge in [-0.05, 0) is 64.2 Å². The maximum Gasteiger partial charge on any atom is 0.412 e. The Bertz CT molecular complexity index is 491. The Morgan fingerprint density at radius 1 is 1.00 bits per heavy atom. The van der Waals surface area contributed by atoms with Gasteiger partial charge in [-0.1, -0.05) is 32.8 Å². The maximum atomic E-state index is 12.8. The number of unbranched alkanes of at least 4 members (excludes halogenated alkanes) is 2. The molecule has 0 spiro atoms. The highest BCUT2D eigenvalue weighted by atomic mass is 19.4. The second-order valence-electron chi connectivity index (χ2n) is 5.96. The molecule has 0 rings (SSSR count). The molecule has 0 fully saturated rings. The van der Waals surface area contributed by atoms with Crippen LogP contribution in [0.5, 0.6) is 0 Å². The molecular weight excluding hydrogens is 299 g/mol. The van der Waals surface area contributed by atoms with E-state index in [-0.39, 0.29) is 5.57 Å². The lowest BCUT2D eigenvalue weighted by Gasteiger charge is -2.11. The van der Waals surface area contributed by atoms with Gasteiger partial charge in [0.25, 0.3) is 0 Å². The summed E-state index contributed by atoms with van der Waals surface area (Å²) in [5.41, 5.74) is 2.16. The maximum absolute atomic E-state index is 12.8. The Kier molecular flexibility index (Phi) is 9.85. The summed E-state index contributed by atoms with van der Waals surface area (Å²) in [6.07, 6.45) is 4.18. The summed E-state index contributed by atoms with van der Waals surface area (Å²) in [4.78, 5) is 4.58. The van der Waals surface area contributed by atoms with Gasteiger partial charge in [-0.25, -0.2) is 0 Å². The lowest BCUT2D eigenvalue weighted by Crippen LogP contribution is -2.10. The van der Waals surface area contributed by atoms with E-state index in [1.54, 1.807) is 6.08 Å². The Morgan fingerprint density at radius 3 is 2.09 bits per heavy atom. The molecular formula is C19H30F3N. The second-order valence-corrected chi connectivity index (χ2v) is 5.96. The van der Waals surface area contributed by atoms with Gasteiger partial charge in [0.05, 0.1) is 5.70 Å². The van der Waals surface area contributed by atoms with Crippen LogP contribution in [0.4, 0.5) is 13.2 Å². The fourth-order valence-corrected chi connectivity index (χ4v) is 1.93. The lowest BCUT2D eigenvalue weighted by molar-refractivity contribution is -0.0919. The first-order valence-electron chi connectivity index (χ1n) is 8.31. The fraction of sp³-hybridized carbons (Fsp3) is 0.632. The quantitative estimate of drug-likeness (QED) is 0.331. The van der Waals surface area contributed by atoms with E-state index in [0.717, 1.165) is 50.3 Å². The summed E-state index contributed by atoms with van der Waals surface area (Å²) < 4.78 is 38.5. The average molecular weight is 329 g/mol. The standard InChI is InChI=1S/C19H30F3N/c1-7-9-11-14(3)18(23-16(5)12-10-8-2)13-15(4)17(6)19(20,21)22/h11,13H,7-10,12H2,1-6H3/b14-11+,17-15+,18-13+,23-16?. The molecule has 0 aromatic carbocycles. The SMILES string of the molecule is CCC/C=C(C)/C(=C\C(C)=C(/C)C(F)(F)F)N=C(C)CCCC. The summed E-state index contributed by atoms with van der Waals surface area (Å²) in [7, 11) is 0. The number of rotatable bonds is 8. The van der Waals surface area contributed by atoms with E-state index < -0.39 is 11.7 Å². The molecule has 0 aromatic rings. The minimum atomic E-state index is -4.30. The molecule has 1 nitrogen and oxygen atoms in total. The molecule has 23 heavy (non-hydrogen) atoms. The predicted molar refractivity (Wildman–Crippen MR) is 93.8 cm³/mol. The molecule has 4 heteroatoms. The van der Waals surface area contributed by atoms with Crippen molar-refractivity contribution in [1.82, 2.24) is 0 Å². The van der Waals surface area contributed by atoms with Gasteiger partial charge in [-0.3, -0.25) is 4.99 Å². The second kappa shape index (κ2) is 10.5. The van der Waals surface area contributed by atoms with Crippen molar-refractivity contribution in [2.75, 3.05) is 0 Å². The highest BCUT2D eigenvalue weighted by Gasteiger charge is 2.31. The Labute approximate surface area is 139 Å². The summed E-state index contributed by atoms with van der Waals surface area (Å²) in [6.45, 7) is 10.6. The summed E-state index contributed by atoms with van der Waals surface area (Å²) in [6, 6.07) is 0. The van der Waals surface area contributed by atoms with Crippen LogP contribution in [0.3, 0.4) is 0 Å². The van der Waals surface area contributed by atoms with E-state index in [1.165, 1.54) is 6.92 Å². The first kappa shape index (κ1) is 21.7. The number of halogens is 3. The number of hydrogen-bond acceptors (Lipinski definition) is 1. The van der Waals surface area contributed by atoms with E-state index in [0.29, 0.717) is 5.70 Å². The molecule has 0 saturated carbocycles. The third-order valence-electron chi connectivity index (χ3n) is 3.72. The van der Waals surface area contributed by atoms with Crippen molar-refractivity contribution < 1.29 is 13.2 Å². The third-order valence-corrected chi connectivity index (χ3v) is 3.72. The lowest BCUT2D eigenvalue weighted by atomic mass is 10.1. The molecule has 0 aliphatic carbocycles. The molecule has 0 aromatic heterocycles. The smallest absolute Gasteiger partial charge is 0.258 e. The van der Waals surface area contributed by atoms with E-state index >= 15 is 0 Å². The van der Waals surface area contributed by atoms with Crippen LogP contribution in [-0.2, 0) is 0 Å². The number of nitrogens with zero attached hydrogens (tertiary/aromatic N) is 1. The molecule has 0 N–H and O–H groups in total. The molecule has 0 aliphatic rings. The molecule has 0 bridgehead atoms. The van der Waals surface area contributed by atoms with Crippen LogP contribution in [0.15, 0.2) is 39.6 Å². The Morgan fingerprint density at radius 2 is 1.61 bits per heavy atom. The highest BCUT2D eigenvalue weighted by molar-refractivity contribution is 5.83. The van der Waals surface area contributed by atoms with E-state index in [1.807, 2.05) is 19.9 Å². The van der Waals surface area contributed by atoms with Crippen molar-refractivity contribution in [2.45, 2.75) is 79.8 Å². The van der Waals surface area contributed by atoms with Gasteiger partial charge in [-0.15, -0.1) is 0 Å². The van der Waals surface area contributed by atoms with E-state index in [9.17, 15) is 13.2 Å². The Balaban J connectivity index is 5.73. The zero-order valence-electron chi connectivity index (χ0n) is 15.3. The van der Waals surface area contributed by atoms with Gasteiger partial charge in [0, 0.05) is 11.3 Å². The van der Waals surface area contributed by atoms with Crippen molar-refractivity contribution >= 4 is 5.71 Å². The van der Waals surface area contributed by atoms with Crippen LogP contribution in [0.1, 0.15) is 73.6 Å². The van der Waals surface area contributed by atoms with Crippen molar-refractivity contribution in [3.05, 3.63) is 34.6 Å². The first-order valence-corrected chi connectivity index (χ1v) is 8.31. The minimum absolute atomic E-state index is 0.212. The topological polar surface area (TPSA) is 12.4 Å². The molecule has 0 unspecified atom stereocenters. The molecule has 132 valence electrons. The van der Waals surface area contributed by atoms with Crippen molar-refractivity contribution in [3.63, 3.8) is 0 Å². The monoisotopic (exact) mass is 329 g/mol. The number of aliphatic imine (C=N–C) groups is 1. The van der Waals surface area contributed by atoms with Gasteiger partial charge in [0.1, 0.15) is 0 Å². The summed E-state index contributed by atoms with van der Waals surface area (Å²) >= 11 is 0. The van der Waals surface area contributed by atoms with Crippen LogP contribution < -0.4 is 0 Å².